The van der Waals surface area contributed by atoms with E-state index in [0.717, 1.165) is 5.56 Å². The van der Waals surface area contributed by atoms with Crippen molar-refractivity contribution in [2.24, 2.45) is 0 Å². The van der Waals surface area contributed by atoms with Crippen molar-refractivity contribution < 1.29 is 13.2 Å². The van der Waals surface area contributed by atoms with Crippen LogP contribution in [0.5, 0.6) is 0 Å². The van der Waals surface area contributed by atoms with Crippen molar-refractivity contribution in [2.45, 2.75) is 12.4 Å². The minimum atomic E-state index is -4.17. The highest BCUT2D eigenvalue weighted by molar-refractivity contribution is 8.00. The first kappa shape index (κ1) is 12.1. The van der Waals surface area contributed by atoms with E-state index in [0.29, 0.717) is 5.95 Å². The summed E-state index contributed by atoms with van der Waals surface area (Å²) in [6.45, 7) is 2.02. The van der Waals surface area contributed by atoms with Gasteiger partial charge >= 0.3 is 5.51 Å². The van der Waals surface area contributed by atoms with E-state index in [1.807, 2.05) is 6.92 Å². The molecule has 0 amide bonds. The van der Waals surface area contributed by atoms with Gasteiger partial charge in [0.15, 0.2) is 0 Å². The maximum absolute atomic E-state index is 11.7. The third-order valence-corrected chi connectivity index (χ3v) is 2.17. The molecule has 0 aromatic carbocycles. The van der Waals surface area contributed by atoms with Gasteiger partial charge in [-0.3, -0.25) is 0 Å². The number of aryl methyl sites for hydroxylation is 1. The van der Waals surface area contributed by atoms with Crippen molar-refractivity contribution in [3.8, 4) is 0 Å². The highest BCUT2D eigenvalue weighted by Gasteiger charge is 2.27. The number of alkyl halides is 3. The largest absolute Gasteiger partial charge is 0.441 e. The van der Waals surface area contributed by atoms with Crippen LogP contribution in [0.3, 0.4) is 0 Å². The number of nitrogens with zero attached hydrogens (tertiary/aromatic N) is 2. The molecule has 0 spiro atoms. The lowest BCUT2D eigenvalue weighted by molar-refractivity contribution is -0.0327. The Morgan fingerprint density at radius 1 is 1.33 bits per heavy atom. The molecule has 84 valence electrons. The second-order valence-electron chi connectivity index (χ2n) is 2.81. The fraction of sp³-hybridized carbons (Fsp3) is 0.500. The van der Waals surface area contributed by atoms with E-state index in [9.17, 15) is 13.2 Å². The van der Waals surface area contributed by atoms with Crippen LogP contribution in [0.15, 0.2) is 12.4 Å². The summed E-state index contributed by atoms with van der Waals surface area (Å²) in [6.07, 6.45) is 3.21. The van der Waals surface area contributed by atoms with Crippen LogP contribution < -0.4 is 5.32 Å². The molecule has 7 heteroatoms. The molecule has 0 bridgehead atoms. The molecule has 0 unspecified atom stereocenters. The topological polar surface area (TPSA) is 37.8 Å². The maximum atomic E-state index is 11.7. The van der Waals surface area contributed by atoms with Crippen LogP contribution in [0.25, 0.3) is 0 Å². The first-order chi connectivity index (χ1) is 6.97. The quantitative estimate of drug-likeness (QED) is 0.816. The Kier molecular flexibility index (Phi) is 4.19. The average molecular weight is 237 g/mol. The Labute approximate surface area is 89.5 Å². The molecule has 0 atom stereocenters. The number of thioether (sulfide) groups is 1. The van der Waals surface area contributed by atoms with Crippen LogP contribution in [-0.2, 0) is 0 Å². The molecule has 0 aliphatic carbocycles. The van der Waals surface area contributed by atoms with E-state index in [1.165, 1.54) is 0 Å². The standard InChI is InChI=1S/C8H10F3N3S/c1-6-4-13-7(14-5-6)12-2-3-15-8(9,10)11/h4-5H,2-3H2,1H3,(H,12,13,14). The number of rotatable bonds is 4. The number of halogens is 3. The highest BCUT2D eigenvalue weighted by Crippen LogP contribution is 2.29. The minimum Gasteiger partial charge on any atom is -0.353 e. The van der Waals surface area contributed by atoms with Gasteiger partial charge in [0.1, 0.15) is 0 Å². The zero-order valence-electron chi connectivity index (χ0n) is 8.01. The molecule has 1 aromatic heterocycles. The Bertz CT molecular complexity index is 299. The van der Waals surface area contributed by atoms with Gasteiger partial charge in [0.2, 0.25) is 5.95 Å². The Morgan fingerprint density at radius 3 is 2.47 bits per heavy atom. The molecule has 3 nitrogen and oxygen atoms in total. The Morgan fingerprint density at radius 2 is 1.93 bits per heavy atom. The number of nitrogens with one attached hydrogen (secondary N) is 1. The lowest BCUT2D eigenvalue weighted by Crippen LogP contribution is -2.11. The molecule has 0 saturated heterocycles. The Hall–Kier alpha value is -0.980. The van der Waals surface area contributed by atoms with Gasteiger partial charge in [-0.25, -0.2) is 9.97 Å². The zero-order chi connectivity index (χ0) is 11.3. The molecule has 0 aliphatic rings. The second-order valence-corrected chi connectivity index (χ2v) is 3.96. The van der Waals surface area contributed by atoms with Gasteiger partial charge in [-0.05, 0) is 24.2 Å². The van der Waals surface area contributed by atoms with Gasteiger partial charge in [-0.1, -0.05) is 0 Å². The lowest BCUT2D eigenvalue weighted by Gasteiger charge is -2.06. The third-order valence-electron chi connectivity index (χ3n) is 1.43. The summed E-state index contributed by atoms with van der Waals surface area (Å²) in [7, 11) is 0. The van der Waals surface area contributed by atoms with Gasteiger partial charge in [0.25, 0.3) is 0 Å². The number of hydrogen-bond donors (Lipinski definition) is 1. The number of anilines is 1. The van der Waals surface area contributed by atoms with Crippen molar-refractivity contribution in [1.29, 1.82) is 0 Å². The lowest BCUT2D eigenvalue weighted by atomic mass is 10.4. The van der Waals surface area contributed by atoms with E-state index in [1.54, 1.807) is 12.4 Å². The first-order valence-electron chi connectivity index (χ1n) is 4.20. The van der Waals surface area contributed by atoms with Crippen LogP contribution in [0, 0.1) is 6.92 Å². The van der Waals surface area contributed by atoms with Crippen LogP contribution >= 0.6 is 11.8 Å². The van der Waals surface area contributed by atoms with Crippen molar-refractivity contribution in [1.82, 2.24) is 9.97 Å². The maximum Gasteiger partial charge on any atom is 0.441 e. The summed E-state index contributed by atoms with van der Waals surface area (Å²) in [6, 6.07) is 0. The van der Waals surface area contributed by atoms with E-state index < -0.39 is 5.51 Å². The van der Waals surface area contributed by atoms with Crippen molar-refractivity contribution in [2.75, 3.05) is 17.6 Å². The summed E-state index contributed by atoms with van der Waals surface area (Å²) < 4.78 is 35.2. The van der Waals surface area contributed by atoms with Gasteiger partial charge in [-0.2, -0.15) is 13.2 Å². The fourth-order valence-corrected chi connectivity index (χ4v) is 1.25. The van der Waals surface area contributed by atoms with Gasteiger partial charge in [0, 0.05) is 24.7 Å². The van der Waals surface area contributed by atoms with Crippen LogP contribution in [0.2, 0.25) is 0 Å². The Balaban J connectivity index is 2.23. The molecule has 1 N–H and O–H groups in total. The molecular weight excluding hydrogens is 227 g/mol. The predicted molar refractivity (Wildman–Crippen MR) is 53.8 cm³/mol. The molecule has 1 heterocycles. The molecule has 0 fully saturated rings. The van der Waals surface area contributed by atoms with Gasteiger partial charge < -0.3 is 5.32 Å². The van der Waals surface area contributed by atoms with E-state index in [4.69, 9.17) is 0 Å². The molecule has 0 saturated carbocycles. The summed E-state index contributed by atoms with van der Waals surface area (Å²) in [5.74, 6) is 0.296. The minimum absolute atomic E-state index is 0.0548. The van der Waals surface area contributed by atoms with Crippen molar-refractivity contribution >= 4 is 17.7 Å². The predicted octanol–water partition coefficient (Wildman–Crippen LogP) is 2.45. The van der Waals surface area contributed by atoms with Crippen LogP contribution in [0.1, 0.15) is 5.56 Å². The first-order valence-corrected chi connectivity index (χ1v) is 5.19. The van der Waals surface area contributed by atoms with Crippen molar-refractivity contribution in [3.05, 3.63) is 18.0 Å². The number of hydrogen-bond acceptors (Lipinski definition) is 4. The highest BCUT2D eigenvalue weighted by atomic mass is 32.2. The fourth-order valence-electron chi connectivity index (χ4n) is 0.813. The smallest absolute Gasteiger partial charge is 0.353 e. The molecular formula is C8H10F3N3S. The normalized spacial score (nSPS) is 11.5. The second kappa shape index (κ2) is 5.20. The molecule has 1 rings (SSSR count). The van der Waals surface area contributed by atoms with Gasteiger partial charge in [-0.15, -0.1) is 0 Å². The summed E-state index contributed by atoms with van der Waals surface area (Å²) in [4.78, 5) is 7.80. The summed E-state index contributed by atoms with van der Waals surface area (Å²) in [5.41, 5.74) is -3.26. The van der Waals surface area contributed by atoms with Crippen LogP contribution in [-0.4, -0.2) is 27.8 Å². The summed E-state index contributed by atoms with van der Waals surface area (Å²) >= 11 is -0.0621. The zero-order valence-corrected chi connectivity index (χ0v) is 8.82. The molecule has 15 heavy (non-hydrogen) atoms. The van der Waals surface area contributed by atoms with Crippen LogP contribution in [0.4, 0.5) is 19.1 Å². The average Bonchev–Trinajstić information content (AvgIpc) is 2.14. The van der Waals surface area contributed by atoms with Crippen molar-refractivity contribution in [3.63, 3.8) is 0 Å². The van der Waals surface area contributed by atoms with E-state index in [-0.39, 0.29) is 24.1 Å². The van der Waals surface area contributed by atoms with E-state index in [2.05, 4.69) is 15.3 Å². The summed E-state index contributed by atoms with van der Waals surface area (Å²) in [5, 5.41) is 2.70. The third kappa shape index (κ3) is 5.46. The molecule has 0 radical (unpaired) electrons. The number of aromatic nitrogens is 2. The van der Waals surface area contributed by atoms with Gasteiger partial charge in [0.05, 0.1) is 0 Å². The van der Waals surface area contributed by atoms with E-state index >= 15 is 0 Å². The molecule has 0 aliphatic heterocycles. The monoisotopic (exact) mass is 237 g/mol. The molecule has 1 aromatic rings. The SMILES string of the molecule is Cc1cnc(NCCSC(F)(F)F)nc1.